The van der Waals surface area contributed by atoms with Gasteiger partial charge in [-0.1, -0.05) is 0 Å². The van der Waals surface area contributed by atoms with Gasteiger partial charge < -0.3 is 20.1 Å². The molecule has 1 rings (SSSR count). The number of methoxy groups -OCH3 is 1. The third-order valence-electron chi connectivity index (χ3n) is 3.28. The van der Waals surface area contributed by atoms with Crippen LogP contribution in [0.5, 0.6) is 0 Å². The normalized spacial score (nSPS) is 11.9. The second kappa shape index (κ2) is 7.24. The average Bonchev–Trinajstić information content (AvgIpc) is 2.39. The third-order valence-corrected chi connectivity index (χ3v) is 3.28. The first kappa shape index (κ1) is 17.2. The van der Waals surface area contributed by atoms with E-state index < -0.39 is 25.0 Å². The number of aryl methyl sites for hydroxylation is 2. The maximum Gasteiger partial charge on any atom is 0.374 e. The van der Waals surface area contributed by atoms with Crippen LogP contribution >= 0.6 is 0 Å². The molecule has 0 bridgehead atoms. The number of hydrogen-bond acceptors (Lipinski definition) is 5. The fourth-order valence-electron chi connectivity index (χ4n) is 2.29. The van der Waals surface area contributed by atoms with E-state index in [1.54, 1.807) is 26.0 Å². The molecule has 21 heavy (non-hydrogen) atoms. The molecule has 1 aromatic rings. The predicted octanol–water partition coefficient (Wildman–Crippen LogP) is 0.786. The average molecular weight is 293 g/mol. The summed E-state index contributed by atoms with van der Waals surface area (Å²) in [6.45, 7) is 5.11. The smallest absolute Gasteiger partial charge is 0.374 e. The van der Waals surface area contributed by atoms with Crippen molar-refractivity contribution in [1.29, 1.82) is 0 Å². The molecular weight excluding hydrogens is 273 g/mol. The number of carboxylic acid groups (broad SMARTS) is 1. The third kappa shape index (κ3) is 4.58. The van der Waals surface area contributed by atoms with Crippen molar-refractivity contribution < 1.29 is 24.5 Å². The molecule has 0 fully saturated rings. The van der Waals surface area contributed by atoms with E-state index in [0.29, 0.717) is 6.42 Å². The molecule has 6 nitrogen and oxygen atoms in total. The van der Waals surface area contributed by atoms with Gasteiger partial charge in [0.2, 0.25) is 0 Å². The van der Waals surface area contributed by atoms with Gasteiger partial charge in [-0.15, -0.1) is 0 Å². The van der Waals surface area contributed by atoms with Crippen molar-refractivity contribution in [3.05, 3.63) is 34.4 Å². The monoisotopic (exact) mass is 293 g/mol. The molecule has 0 aliphatic heterocycles. The Hall–Kier alpha value is -1.86. The lowest BCUT2D eigenvalue weighted by molar-refractivity contribution is -0.142. The summed E-state index contributed by atoms with van der Waals surface area (Å²) in [5.41, 5.74) is 2.65. The number of hydrogen-bond donors (Lipinski definition) is 3. The zero-order valence-electron chi connectivity index (χ0n) is 12.6. The number of esters is 1. The van der Waals surface area contributed by atoms with Gasteiger partial charge in [-0.2, -0.15) is 0 Å². The summed E-state index contributed by atoms with van der Waals surface area (Å²) >= 11 is 0. The Morgan fingerprint density at radius 2 is 1.86 bits per heavy atom. The minimum Gasteiger partial charge on any atom is -0.478 e. The lowest BCUT2D eigenvalue weighted by Crippen LogP contribution is -2.46. The van der Waals surface area contributed by atoms with E-state index in [1.165, 1.54) is 13.9 Å². The first-order chi connectivity index (χ1) is 9.76. The highest BCUT2D eigenvalue weighted by molar-refractivity contribution is 6.46. The van der Waals surface area contributed by atoms with Crippen molar-refractivity contribution in [3.63, 3.8) is 0 Å². The number of nitrogens with one attached hydrogen (secondary N) is 1. The molecule has 0 amide bonds. The standard InChI is InChI=1S/C14H20BNO5/c1-8-5-10(13(17)18)6-9(2)11(8)7-12(14(19)21-4)16-15(3)20/h5-6,12,16,20H,7H2,1-4H3,(H,17,18)/t12-/m0/s1. The van der Waals surface area contributed by atoms with E-state index in [4.69, 9.17) is 9.84 Å². The zero-order chi connectivity index (χ0) is 16.2. The summed E-state index contributed by atoms with van der Waals surface area (Å²) in [4.78, 5) is 22.8. The zero-order valence-corrected chi connectivity index (χ0v) is 12.6. The van der Waals surface area contributed by atoms with Crippen LogP contribution in [0.25, 0.3) is 0 Å². The van der Waals surface area contributed by atoms with Gasteiger partial charge in [0.05, 0.1) is 12.7 Å². The van der Waals surface area contributed by atoms with Crippen LogP contribution in [-0.2, 0) is 16.0 Å². The first-order valence-electron chi connectivity index (χ1n) is 6.61. The number of carbonyl (C=O) groups excluding carboxylic acids is 1. The maximum atomic E-state index is 11.8. The summed E-state index contributed by atoms with van der Waals surface area (Å²) in [6, 6.07) is 2.45. The van der Waals surface area contributed by atoms with Crippen LogP contribution in [0.4, 0.5) is 0 Å². The Balaban J connectivity index is 3.09. The summed E-state index contributed by atoms with van der Waals surface area (Å²) in [5, 5.41) is 21.2. The van der Waals surface area contributed by atoms with Crippen molar-refractivity contribution in [2.45, 2.75) is 33.1 Å². The second-order valence-corrected chi connectivity index (χ2v) is 5.02. The molecule has 1 aromatic carbocycles. The molecule has 0 saturated heterocycles. The lowest BCUT2D eigenvalue weighted by Gasteiger charge is -2.20. The van der Waals surface area contributed by atoms with Crippen molar-refractivity contribution in [2.75, 3.05) is 7.11 Å². The summed E-state index contributed by atoms with van der Waals surface area (Å²) < 4.78 is 4.72. The molecule has 0 heterocycles. The van der Waals surface area contributed by atoms with Gasteiger partial charge in [-0.3, -0.25) is 4.79 Å². The van der Waals surface area contributed by atoms with Crippen LogP contribution < -0.4 is 5.23 Å². The largest absolute Gasteiger partial charge is 0.478 e. The number of aromatic carboxylic acids is 1. The number of carbonyl (C=O) groups is 2. The second-order valence-electron chi connectivity index (χ2n) is 5.02. The fraction of sp³-hybridized carbons (Fsp3) is 0.429. The summed E-state index contributed by atoms with van der Waals surface area (Å²) in [7, 11) is 0.430. The Bertz CT molecular complexity index is 521. The Kier molecular flexibility index (Phi) is 5.93. The van der Waals surface area contributed by atoms with E-state index >= 15 is 0 Å². The Morgan fingerprint density at radius 1 is 1.33 bits per heavy atom. The van der Waals surface area contributed by atoms with Gasteiger partial charge in [-0.25, -0.2) is 4.79 Å². The maximum absolute atomic E-state index is 11.8. The van der Waals surface area contributed by atoms with Crippen LogP contribution in [0.3, 0.4) is 0 Å². The highest BCUT2D eigenvalue weighted by Crippen LogP contribution is 2.19. The minimum atomic E-state index is -0.987. The predicted molar refractivity (Wildman–Crippen MR) is 79.4 cm³/mol. The van der Waals surface area contributed by atoms with E-state index in [-0.39, 0.29) is 5.56 Å². The van der Waals surface area contributed by atoms with Crippen molar-refractivity contribution in [1.82, 2.24) is 5.23 Å². The molecule has 1 atom stereocenters. The molecule has 3 N–H and O–H groups in total. The Morgan fingerprint density at radius 3 is 2.24 bits per heavy atom. The van der Waals surface area contributed by atoms with Crippen LogP contribution in [-0.4, -0.2) is 42.3 Å². The van der Waals surface area contributed by atoms with Crippen molar-refractivity contribution in [2.24, 2.45) is 0 Å². The molecule has 0 aromatic heterocycles. The van der Waals surface area contributed by atoms with Crippen molar-refractivity contribution in [3.8, 4) is 0 Å². The van der Waals surface area contributed by atoms with Crippen LogP contribution in [0.2, 0.25) is 6.82 Å². The number of rotatable bonds is 6. The first-order valence-corrected chi connectivity index (χ1v) is 6.61. The molecule has 0 radical (unpaired) electrons. The molecule has 7 heteroatoms. The molecule has 0 aliphatic rings. The van der Waals surface area contributed by atoms with E-state index in [1.807, 2.05) is 0 Å². The van der Waals surface area contributed by atoms with Gasteiger partial charge in [0, 0.05) is 0 Å². The van der Waals surface area contributed by atoms with Crippen molar-refractivity contribution >= 4 is 19.0 Å². The molecule has 0 saturated carbocycles. The molecular formula is C14H20BNO5. The number of carboxylic acids is 1. The van der Waals surface area contributed by atoms with E-state index in [2.05, 4.69) is 5.23 Å². The van der Waals surface area contributed by atoms with E-state index in [0.717, 1.165) is 16.7 Å². The topological polar surface area (TPSA) is 95.9 Å². The molecule has 0 aliphatic carbocycles. The van der Waals surface area contributed by atoms with Gasteiger partial charge in [0.25, 0.3) is 0 Å². The summed E-state index contributed by atoms with van der Waals surface area (Å²) in [6.07, 6.45) is 0.315. The lowest BCUT2D eigenvalue weighted by atomic mass is 9.85. The number of benzene rings is 1. The SMILES string of the molecule is COC(=O)[C@H](Cc1c(C)cc(C(=O)O)cc1C)NB(C)O. The molecule has 0 unspecified atom stereocenters. The van der Waals surface area contributed by atoms with Gasteiger partial charge in [0.15, 0.2) is 0 Å². The summed E-state index contributed by atoms with van der Waals surface area (Å²) in [5.74, 6) is -1.46. The fourth-order valence-corrected chi connectivity index (χ4v) is 2.29. The van der Waals surface area contributed by atoms with Crippen LogP contribution in [0.1, 0.15) is 27.0 Å². The highest BCUT2D eigenvalue weighted by Gasteiger charge is 2.24. The van der Waals surface area contributed by atoms with Gasteiger partial charge in [-0.05, 0) is 55.9 Å². The van der Waals surface area contributed by atoms with Crippen LogP contribution in [0.15, 0.2) is 12.1 Å². The van der Waals surface area contributed by atoms with Gasteiger partial charge in [0.1, 0.15) is 6.04 Å². The quantitative estimate of drug-likeness (QED) is 0.530. The Labute approximate surface area is 124 Å². The van der Waals surface area contributed by atoms with Gasteiger partial charge >= 0.3 is 19.0 Å². The number of ether oxygens (including phenoxy) is 1. The molecule has 114 valence electrons. The minimum absolute atomic E-state index is 0.215. The highest BCUT2D eigenvalue weighted by atomic mass is 16.5. The molecule has 0 spiro atoms. The van der Waals surface area contributed by atoms with E-state index in [9.17, 15) is 14.6 Å². The van der Waals surface area contributed by atoms with Crippen LogP contribution in [0, 0.1) is 13.8 Å².